The normalized spacial score (nSPS) is 18.7. The molecule has 1 aromatic rings. The van der Waals surface area contributed by atoms with E-state index in [0.717, 1.165) is 17.5 Å². The van der Waals surface area contributed by atoms with E-state index in [2.05, 4.69) is 5.10 Å². The Kier molecular flexibility index (Phi) is 4.16. The van der Waals surface area contributed by atoms with Crippen LogP contribution in [0.25, 0.3) is 0 Å². The van der Waals surface area contributed by atoms with Crippen LogP contribution in [0, 0.1) is 5.92 Å². The summed E-state index contributed by atoms with van der Waals surface area (Å²) in [5.41, 5.74) is -0.0646. The molecule has 1 saturated heterocycles. The second kappa shape index (κ2) is 5.85. The third kappa shape index (κ3) is 2.87. The van der Waals surface area contributed by atoms with E-state index in [1.54, 1.807) is 4.90 Å². The van der Waals surface area contributed by atoms with Crippen LogP contribution in [0.3, 0.4) is 0 Å². The topological polar surface area (TPSA) is 81.5 Å². The molecule has 1 aliphatic heterocycles. The molecule has 7 nitrogen and oxygen atoms in total. The van der Waals surface area contributed by atoms with E-state index in [4.69, 9.17) is 4.74 Å². The minimum Gasteiger partial charge on any atom is -0.469 e. The van der Waals surface area contributed by atoms with Crippen molar-refractivity contribution in [1.29, 1.82) is 0 Å². The van der Waals surface area contributed by atoms with Crippen LogP contribution in [-0.4, -0.2) is 46.8 Å². The van der Waals surface area contributed by atoms with Crippen LogP contribution in [0.1, 0.15) is 23.3 Å². The number of likely N-dealkylation sites (tertiary alicyclic amines) is 1. The third-order valence-corrected chi connectivity index (χ3v) is 3.42. The van der Waals surface area contributed by atoms with Crippen molar-refractivity contribution in [3.8, 4) is 0 Å². The zero-order valence-electron chi connectivity index (χ0n) is 11.5. The van der Waals surface area contributed by atoms with E-state index in [1.807, 2.05) is 0 Å². The van der Waals surface area contributed by atoms with Gasteiger partial charge in [-0.2, -0.15) is 5.10 Å². The van der Waals surface area contributed by atoms with E-state index in [0.29, 0.717) is 13.1 Å². The highest BCUT2D eigenvalue weighted by molar-refractivity contribution is 5.92. The fourth-order valence-corrected chi connectivity index (χ4v) is 2.30. The van der Waals surface area contributed by atoms with Crippen LogP contribution in [0.5, 0.6) is 0 Å². The van der Waals surface area contributed by atoms with Gasteiger partial charge in [-0.05, 0) is 18.9 Å². The molecular formula is C13H17N3O4. The lowest BCUT2D eigenvalue weighted by Crippen LogP contribution is -2.43. The Hall–Kier alpha value is -2.18. The van der Waals surface area contributed by atoms with Crippen LogP contribution in [0.2, 0.25) is 0 Å². The first-order chi connectivity index (χ1) is 9.52. The fraction of sp³-hybridized carbons (Fsp3) is 0.538. The molecule has 1 aromatic heterocycles. The van der Waals surface area contributed by atoms with Gasteiger partial charge in [0.05, 0.1) is 13.0 Å². The second-order valence-electron chi connectivity index (χ2n) is 4.79. The van der Waals surface area contributed by atoms with Crippen molar-refractivity contribution in [1.82, 2.24) is 14.7 Å². The molecular weight excluding hydrogens is 262 g/mol. The van der Waals surface area contributed by atoms with Crippen molar-refractivity contribution < 1.29 is 14.3 Å². The number of piperidine rings is 1. The molecule has 2 rings (SSSR count). The van der Waals surface area contributed by atoms with Crippen molar-refractivity contribution in [2.24, 2.45) is 13.0 Å². The van der Waals surface area contributed by atoms with Crippen LogP contribution in [0.4, 0.5) is 0 Å². The largest absolute Gasteiger partial charge is 0.469 e. The average molecular weight is 279 g/mol. The number of rotatable bonds is 2. The summed E-state index contributed by atoms with van der Waals surface area (Å²) in [6.45, 7) is 0.910. The standard InChI is InChI=1S/C13H17N3O4/c1-15-11(17)6-5-10(14-15)12(18)16-7-3-4-9(8-16)13(19)20-2/h5-6,9H,3-4,7-8H2,1-2H3/t9-/m0/s1. The molecule has 0 aromatic carbocycles. The zero-order valence-corrected chi connectivity index (χ0v) is 11.5. The van der Waals surface area contributed by atoms with Crippen LogP contribution in [0.15, 0.2) is 16.9 Å². The first-order valence-electron chi connectivity index (χ1n) is 6.44. The van der Waals surface area contributed by atoms with Gasteiger partial charge < -0.3 is 9.64 Å². The average Bonchev–Trinajstić information content (AvgIpc) is 2.48. The summed E-state index contributed by atoms with van der Waals surface area (Å²) < 4.78 is 5.84. The van der Waals surface area contributed by atoms with Gasteiger partial charge in [0.2, 0.25) is 0 Å². The van der Waals surface area contributed by atoms with Crippen LogP contribution >= 0.6 is 0 Å². The Bertz CT molecular complexity index is 581. The quantitative estimate of drug-likeness (QED) is 0.701. The van der Waals surface area contributed by atoms with Crippen LogP contribution in [-0.2, 0) is 16.6 Å². The van der Waals surface area contributed by atoms with Gasteiger partial charge in [0.25, 0.3) is 11.5 Å². The molecule has 1 fully saturated rings. The van der Waals surface area contributed by atoms with E-state index < -0.39 is 0 Å². The smallest absolute Gasteiger partial charge is 0.310 e. The van der Waals surface area contributed by atoms with Crippen molar-refractivity contribution >= 4 is 11.9 Å². The highest BCUT2D eigenvalue weighted by atomic mass is 16.5. The molecule has 108 valence electrons. The number of hydrogen-bond acceptors (Lipinski definition) is 5. The van der Waals surface area contributed by atoms with Gasteiger partial charge in [0.1, 0.15) is 5.69 Å². The lowest BCUT2D eigenvalue weighted by Gasteiger charge is -2.31. The minimum atomic E-state index is -0.295. The van der Waals surface area contributed by atoms with E-state index in [1.165, 1.54) is 26.3 Å². The number of nitrogens with zero attached hydrogens (tertiary/aromatic N) is 3. The SMILES string of the molecule is COC(=O)[C@H]1CCCN(C(=O)c2ccc(=O)n(C)n2)C1. The predicted molar refractivity (Wildman–Crippen MR) is 70.1 cm³/mol. The lowest BCUT2D eigenvalue weighted by molar-refractivity contribution is -0.146. The van der Waals surface area contributed by atoms with Crippen molar-refractivity contribution in [2.45, 2.75) is 12.8 Å². The Morgan fingerprint density at radius 1 is 1.40 bits per heavy atom. The second-order valence-corrected chi connectivity index (χ2v) is 4.79. The van der Waals surface area contributed by atoms with Gasteiger partial charge in [-0.15, -0.1) is 0 Å². The molecule has 7 heteroatoms. The van der Waals surface area contributed by atoms with E-state index in [-0.39, 0.29) is 29.0 Å². The summed E-state index contributed by atoms with van der Waals surface area (Å²) in [5.74, 6) is -0.852. The number of aryl methyl sites for hydroxylation is 1. The molecule has 1 amide bonds. The number of aromatic nitrogens is 2. The first kappa shape index (κ1) is 14.2. The zero-order chi connectivity index (χ0) is 14.7. The van der Waals surface area contributed by atoms with Gasteiger partial charge in [-0.3, -0.25) is 14.4 Å². The molecule has 0 aliphatic carbocycles. The summed E-state index contributed by atoms with van der Waals surface area (Å²) in [7, 11) is 2.84. The van der Waals surface area contributed by atoms with E-state index >= 15 is 0 Å². The van der Waals surface area contributed by atoms with Crippen molar-refractivity contribution in [3.05, 3.63) is 28.2 Å². The number of ether oxygens (including phenoxy) is 1. The highest BCUT2D eigenvalue weighted by Gasteiger charge is 2.30. The Morgan fingerprint density at radius 2 is 2.15 bits per heavy atom. The minimum absolute atomic E-state index is 0.206. The maximum absolute atomic E-state index is 12.3. The highest BCUT2D eigenvalue weighted by Crippen LogP contribution is 2.19. The van der Waals surface area contributed by atoms with Gasteiger partial charge in [-0.1, -0.05) is 0 Å². The fourth-order valence-electron chi connectivity index (χ4n) is 2.30. The molecule has 0 saturated carbocycles. The number of esters is 1. The maximum Gasteiger partial charge on any atom is 0.310 e. The summed E-state index contributed by atoms with van der Waals surface area (Å²) in [6, 6.07) is 2.72. The van der Waals surface area contributed by atoms with Crippen molar-refractivity contribution in [3.63, 3.8) is 0 Å². The molecule has 1 atom stereocenters. The molecule has 0 unspecified atom stereocenters. The number of methoxy groups -OCH3 is 1. The van der Waals surface area contributed by atoms with Gasteiger partial charge >= 0.3 is 5.97 Å². The number of carbonyl (C=O) groups is 2. The lowest BCUT2D eigenvalue weighted by atomic mass is 9.98. The predicted octanol–water partition coefficient (Wildman–Crippen LogP) is -0.194. The summed E-state index contributed by atoms with van der Waals surface area (Å²) in [6.07, 6.45) is 1.47. The maximum atomic E-state index is 12.3. The third-order valence-electron chi connectivity index (χ3n) is 3.42. The first-order valence-corrected chi connectivity index (χ1v) is 6.44. The molecule has 2 heterocycles. The van der Waals surface area contributed by atoms with Gasteiger partial charge in [0.15, 0.2) is 0 Å². The Morgan fingerprint density at radius 3 is 2.80 bits per heavy atom. The molecule has 1 aliphatic rings. The van der Waals surface area contributed by atoms with Gasteiger partial charge in [-0.25, -0.2) is 4.68 Å². The summed E-state index contributed by atoms with van der Waals surface area (Å²) in [4.78, 5) is 36.7. The number of hydrogen-bond donors (Lipinski definition) is 0. The summed E-state index contributed by atoms with van der Waals surface area (Å²) in [5, 5.41) is 3.93. The monoisotopic (exact) mass is 279 g/mol. The van der Waals surface area contributed by atoms with E-state index in [9.17, 15) is 14.4 Å². The summed E-state index contributed by atoms with van der Waals surface area (Å²) >= 11 is 0. The Balaban J connectivity index is 2.14. The molecule has 0 spiro atoms. The molecule has 0 radical (unpaired) electrons. The Labute approximate surface area is 116 Å². The number of carbonyl (C=O) groups excluding carboxylic acids is 2. The van der Waals surface area contributed by atoms with Crippen LogP contribution < -0.4 is 5.56 Å². The van der Waals surface area contributed by atoms with Crippen molar-refractivity contribution in [2.75, 3.05) is 20.2 Å². The molecule has 0 bridgehead atoms. The molecule has 0 N–H and O–H groups in total. The van der Waals surface area contributed by atoms with Gasteiger partial charge in [0, 0.05) is 26.2 Å². The molecule has 20 heavy (non-hydrogen) atoms. The number of amides is 1.